The Kier molecular flexibility index (Phi) is 4.43. The van der Waals surface area contributed by atoms with Crippen molar-refractivity contribution < 1.29 is 9.31 Å². The maximum absolute atomic E-state index is 13.1. The van der Waals surface area contributed by atoms with Crippen LogP contribution >= 0.6 is 0 Å². The van der Waals surface area contributed by atoms with Gasteiger partial charge >= 0.3 is 0 Å². The van der Waals surface area contributed by atoms with Crippen LogP contribution in [0.15, 0.2) is 18.2 Å². The molecule has 0 aliphatic heterocycles. The third kappa shape index (κ3) is 3.41. The van der Waals surface area contributed by atoms with E-state index in [9.17, 15) is 14.5 Å². The SMILES string of the molecule is CCC(C)C(C)Nc1cc(F)ccc1[N+](=O)[O-]. The third-order valence-electron chi connectivity index (χ3n) is 3.04. The molecule has 1 aromatic carbocycles. The van der Waals surface area contributed by atoms with E-state index in [4.69, 9.17) is 0 Å². The van der Waals surface area contributed by atoms with E-state index in [0.717, 1.165) is 18.6 Å². The summed E-state index contributed by atoms with van der Waals surface area (Å²) in [5.41, 5.74) is 0.143. The summed E-state index contributed by atoms with van der Waals surface area (Å²) in [7, 11) is 0. The summed E-state index contributed by atoms with van der Waals surface area (Å²) in [6.45, 7) is 6.02. The van der Waals surface area contributed by atoms with Crippen LogP contribution in [0, 0.1) is 21.8 Å². The van der Waals surface area contributed by atoms with Crippen LogP contribution in [-0.2, 0) is 0 Å². The van der Waals surface area contributed by atoms with Crippen LogP contribution in [0.25, 0.3) is 0 Å². The lowest BCUT2D eigenvalue weighted by Crippen LogP contribution is -2.23. The summed E-state index contributed by atoms with van der Waals surface area (Å²) < 4.78 is 13.1. The molecule has 17 heavy (non-hydrogen) atoms. The fourth-order valence-corrected chi connectivity index (χ4v) is 1.52. The molecule has 0 aliphatic carbocycles. The Balaban J connectivity index is 2.96. The van der Waals surface area contributed by atoms with Crippen molar-refractivity contribution in [3.05, 3.63) is 34.1 Å². The number of rotatable bonds is 5. The third-order valence-corrected chi connectivity index (χ3v) is 3.04. The van der Waals surface area contributed by atoms with Crippen LogP contribution < -0.4 is 5.32 Å². The average molecular weight is 240 g/mol. The molecule has 0 spiro atoms. The van der Waals surface area contributed by atoms with E-state index in [1.165, 1.54) is 6.07 Å². The molecule has 5 heteroatoms. The van der Waals surface area contributed by atoms with E-state index in [1.807, 2.05) is 20.8 Å². The molecule has 1 rings (SSSR count). The van der Waals surface area contributed by atoms with Gasteiger partial charge in [-0.2, -0.15) is 0 Å². The zero-order valence-corrected chi connectivity index (χ0v) is 10.2. The average Bonchev–Trinajstić information content (AvgIpc) is 2.27. The monoisotopic (exact) mass is 240 g/mol. The van der Waals surface area contributed by atoms with Crippen LogP contribution in [0.5, 0.6) is 0 Å². The number of anilines is 1. The van der Waals surface area contributed by atoms with Crippen LogP contribution in [0.3, 0.4) is 0 Å². The first kappa shape index (κ1) is 13.4. The second kappa shape index (κ2) is 5.61. The smallest absolute Gasteiger partial charge is 0.292 e. The molecule has 94 valence electrons. The molecule has 0 aromatic heterocycles. The Morgan fingerprint density at radius 2 is 2.12 bits per heavy atom. The van der Waals surface area contributed by atoms with Gasteiger partial charge in [-0.15, -0.1) is 0 Å². The topological polar surface area (TPSA) is 55.2 Å². The summed E-state index contributed by atoms with van der Waals surface area (Å²) in [6, 6.07) is 3.50. The Bertz CT molecular complexity index is 409. The summed E-state index contributed by atoms with van der Waals surface area (Å²) >= 11 is 0. The normalized spacial score (nSPS) is 14.1. The van der Waals surface area contributed by atoms with Crippen molar-refractivity contribution >= 4 is 11.4 Å². The van der Waals surface area contributed by atoms with Crippen LogP contribution in [0.2, 0.25) is 0 Å². The van der Waals surface area contributed by atoms with Gasteiger partial charge in [0.05, 0.1) is 4.92 Å². The number of hydrogen-bond donors (Lipinski definition) is 1. The molecule has 0 saturated carbocycles. The van der Waals surface area contributed by atoms with Gasteiger partial charge in [-0.1, -0.05) is 20.3 Å². The highest BCUT2D eigenvalue weighted by Gasteiger charge is 2.18. The fraction of sp³-hybridized carbons (Fsp3) is 0.500. The highest BCUT2D eigenvalue weighted by atomic mass is 19.1. The molecule has 0 fully saturated rings. The summed E-state index contributed by atoms with van der Waals surface area (Å²) in [6.07, 6.45) is 0.956. The predicted molar refractivity (Wildman–Crippen MR) is 65.6 cm³/mol. The lowest BCUT2D eigenvalue weighted by molar-refractivity contribution is -0.384. The Morgan fingerprint density at radius 1 is 1.47 bits per heavy atom. The largest absolute Gasteiger partial charge is 0.377 e. The highest BCUT2D eigenvalue weighted by molar-refractivity contribution is 5.61. The first-order chi connectivity index (χ1) is 7.95. The van der Waals surface area contributed by atoms with Gasteiger partial charge in [-0.3, -0.25) is 10.1 Å². The molecular formula is C12H17FN2O2. The minimum atomic E-state index is -0.509. The van der Waals surface area contributed by atoms with Crippen molar-refractivity contribution in [2.75, 3.05) is 5.32 Å². The molecule has 2 atom stereocenters. The number of hydrogen-bond acceptors (Lipinski definition) is 3. The molecule has 1 N–H and O–H groups in total. The number of benzene rings is 1. The molecular weight excluding hydrogens is 223 g/mol. The lowest BCUT2D eigenvalue weighted by atomic mass is 10.0. The summed E-state index contributed by atoms with van der Waals surface area (Å²) in [5.74, 6) is -0.118. The van der Waals surface area contributed by atoms with Crippen LogP contribution in [0.1, 0.15) is 27.2 Å². The number of nitrogens with one attached hydrogen (secondary N) is 1. The minimum absolute atomic E-state index is 0.0560. The second-order valence-electron chi connectivity index (χ2n) is 4.24. The van der Waals surface area contributed by atoms with Gasteiger partial charge < -0.3 is 5.32 Å². The summed E-state index contributed by atoms with van der Waals surface area (Å²) in [4.78, 5) is 10.3. The molecule has 1 aromatic rings. The van der Waals surface area contributed by atoms with Crippen molar-refractivity contribution in [1.82, 2.24) is 0 Å². The fourth-order valence-electron chi connectivity index (χ4n) is 1.52. The Hall–Kier alpha value is -1.65. The van der Waals surface area contributed by atoms with Crippen molar-refractivity contribution in [3.8, 4) is 0 Å². The van der Waals surface area contributed by atoms with E-state index >= 15 is 0 Å². The molecule has 0 saturated heterocycles. The van der Waals surface area contributed by atoms with Crippen molar-refractivity contribution in [2.24, 2.45) is 5.92 Å². The number of halogens is 1. The molecule has 0 radical (unpaired) electrons. The molecule has 4 nitrogen and oxygen atoms in total. The standard InChI is InChI=1S/C12H17FN2O2/c1-4-8(2)9(3)14-11-7-10(13)5-6-12(11)15(16)17/h5-9,14H,4H2,1-3H3. The first-order valence-corrected chi connectivity index (χ1v) is 5.66. The Labute approximate surface area is 100.0 Å². The maximum atomic E-state index is 13.1. The van der Waals surface area contributed by atoms with Gasteiger partial charge in [0, 0.05) is 18.2 Å². The van der Waals surface area contributed by atoms with Gasteiger partial charge in [-0.05, 0) is 18.9 Å². The minimum Gasteiger partial charge on any atom is -0.377 e. The number of nitro benzene ring substituents is 1. The van der Waals surface area contributed by atoms with E-state index in [1.54, 1.807) is 0 Å². The van der Waals surface area contributed by atoms with Crippen molar-refractivity contribution in [3.63, 3.8) is 0 Å². The Morgan fingerprint density at radius 3 is 2.65 bits per heavy atom. The quantitative estimate of drug-likeness (QED) is 0.632. The van der Waals surface area contributed by atoms with E-state index in [2.05, 4.69) is 5.32 Å². The zero-order valence-electron chi connectivity index (χ0n) is 10.2. The second-order valence-corrected chi connectivity index (χ2v) is 4.24. The molecule has 0 aliphatic rings. The maximum Gasteiger partial charge on any atom is 0.292 e. The molecule has 2 unspecified atom stereocenters. The number of nitro groups is 1. The van der Waals surface area contributed by atoms with Crippen molar-refractivity contribution in [2.45, 2.75) is 33.2 Å². The van der Waals surface area contributed by atoms with Gasteiger partial charge in [0.2, 0.25) is 0 Å². The first-order valence-electron chi connectivity index (χ1n) is 5.66. The van der Waals surface area contributed by atoms with Crippen molar-refractivity contribution in [1.29, 1.82) is 0 Å². The van der Waals surface area contributed by atoms with Gasteiger partial charge in [0.15, 0.2) is 0 Å². The zero-order chi connectivity index (χ0) is 13.0. The van der Waals surface area contributed by atoms with Crippen LogP contribution in [-0.4, -0.2) is 11.0 Å². The molecule has 0 amide bonds. The van der Waals surface area contributed by atoms with Crippen LogP contribution in [0.4, 0.5) is 15.8 Å². The van der Waals surface area contributed by atoms with E-state index < -0.39 is 10.7 Å². The van der Waals surface area contributed by atoms with E-state index in [-0.39, 0.29) is 17.4 Å². The van der Waals surface area contributed by atoms with E-state index in [0.29, 0.717) is 5.92 Å². The highest BCUT2D eigenvalue weighted by Crippen LogP contribution is 2.26. The van der Waals surface area contributed by atoms with Gasteiger partial charge in [-0.25, -0.2) is 4.39 Å². The predicted octanol–water partition coefficient (Wildman–Crippen LogP) is 3.58. The molecule has 0 heterocycles. The lowest BCUT2D eigenvalue weighted by Gasteiger charge is -2.20. The summed E-state index contributed by atoms with van der Waals surface area (Å²) in [5, 5.41) is 13.8. The molecule has 0 bridgehead atoms. The van der Waals surface area contributed by atoms with Gasteiger partial charge in [0.1, 0.15) is 11.5 Å². The number of nitrogens with zero attached hydrogens (tertiary/aromatic N) is 1. The van der Waals surface area contributed by atoms with Gasteiger partial charge in [0.25, 0.3) is 5.69 Å².